The van der Waals surface area contributed by atoms with Crippen molar-refractivity contribution >= 4 is 8.07 Å². The van der Waals surface area contributed by atoms with Crippen LogP contribution in [0.1, 0.15) is 89.9 Å². The van der Waals surface area contributed by atoms with E-state index in [4.69, 9.17) is 0 Å². The van der Waals surface area contributed by atoms with Gasteiger partial charge >= 0.3 is 0 Å². The van der Waals surface area contributed by atoms with E-state index in [9.17, 15) is 0 Å². The van der Waals surface area contributed by atoms with Gasteiger partial charge in [0.1, 0.15) is 0 Å². The molecule has 0 saturated heterocycles. The van der Waals surface area contributed by atoms with Crippen LogP contribution >= 0.6 is 0 Å². The van der Waals surface area contributed by atoms with E-state index in [1.54, 1.807) is 77.0 Å². The third kappa shape index (κ3) is 2.82. The number of rotatable bonds is 3. The van der Waals surface area contributed by atoms with E-state index in [0.717, 1.165) is 0 Å². The van der Waals surface area contributed by atoms with E-state index in [-0.39, 0.29) is 0 Å². The van der Waals surface area contributed by atoms with Crippen molar-refractivity contribution in [3.05, 3.63) is 0 Å². The lowest BCUT2D eigenvalue weighted by atomic mass is 9.99. The summed E-state index contributed by atoms with van der Waals surface area (Å²) in [5.74, 6) is 0. The van der Waals surface area contributed by atoms with Crippen molar-refractivity contribution in [2.24, 2.45) is 0 Å². The molecule has 0 N–H and O–H groups in total. The van der Waals surface area contributed by atoms with Crippen LogP contribution in [0.2, 0.25) is 23.2 Å². The summed E-state index contributed by atoms with van der Waals surface area (Å²) in [4.78, 5) is 0. The molecule has 0 heterocycles. The van der Waals surface area contributed by atoms with Crippen LogP contribution in [0.5, 0.6) is 0 Å². The molecule has 0 amide bonds. The van der Waals surface area contributed by atoms with Crippen molar-refractivity contribution in [1.82, 2.24) is 0 Å². The first-order chi connectivity index (χ1) is 9.32. The standard InChI is InChI=1S/C18H34Si/c1-19(18-14-8-9-15-18,16-10-4-2-5-11-16)17-12-6-3-7-13-17/h16-18H,2-15H2,1H3. The zero-order valence-corrected chi connectivity index (χ0v) is 14.1. The fraction of sp³-hybridized carbons (Fsp3) is 1.00. The Bertz CT molecular complexity index is 249. The van der Waals surface area contributed by atoms with Crippen molar-refractivity contribution in [3.63, 3.8) is 0 Å². The maximum Gasteiger partial charge on any atom is 0.0598 e. The SMILES string of the molecule is C[Si](C1CCCCC1)(C1CCCCC1)C1CCCC1. The molecule has 3 aliphatic carbocycles. The second-order valence-corrected chi connectivity index (χ2v) is 13.2. The molecular formula is C18H34Si. The van der Waals surface area contributed by atoms with Gasteiger partial charge in [-0.1, -0.05) is 96.4 Å². The molecule has 0 atom stereocenters. The smallest absolute Gasteiger partial charge is 0.0598 e. The second-order valence-electron chi connectivity index (χ2n) is 8.02. The highest BCUT2D eigenvalue weighted by Gasteiger charge is 2.49. The molecule has 0 bridgehead atoms. The average molecular weight is 279 g/mol. The largest absolute Gasteiger partial charge is 0.0685 e. The zero-order valence-electron chi connectivity index (χ0n) is 13.1. The maximum absolute atomic E-state index is 2.88. The number of hydrogen-bond donors (Lipinski definition) is 0. The Labute approximate surface area is 121 Å². The molecule has 3 aliphatic rings. The van der Waals surface area contributed by atoms with Crippen LogP contribution in [-0.2, 0) is 0 Å². The molecule has 0 aliphatic heterocycles. The van der Waals surface area contributed by atoms with Gasteiger partial charge in [0.05, 0.1) is 8.07 Å². The quantitative estimate of drug-likeness (QED) is 0.505. The lowest BCUT2D eigenvalue weighted by Crippen LogP contribution is -2.47. The van der Waals surface area contributed by atoms with Gasteiger partial charge in [-0.2, -0.15) is 0 Å². The van der Waals surface area contributed by atoms with E-state index >= 15 is 0 Å². The molecule has 3 saturated carbocycles. The number of hydrogen-bond acceptors (Lipinski definition) is 0. The van der Waals surface area contributed by atoms with Gasteiger partial charge in [-0.3, -0.25) is 0 Å². The highest BCUT2D eigenvalue weighted by Crippen LogP contribution is 2.57. The molecule has 110 valence electrons. The molecule has 0 unspecified atom stereocenters. The molecule has 1 heteroatoms. The minimum Gasteiger partial charge on any atom is -0.0685 e. The van der Waals surface area contributed by atoms with Crippen LogP contribution < -0.4 is 0 Å². The van der Waals surface area contributed by atoms with Crippen molar-refractivity contribution in [3.8, 4) is 0 Å². The van der Waals surface area contributed by atoms with Crippen LogP contribution in [0.3, 0.4) is 0 Å². The molecule has 19 heavy (non-hydrogen) atoms. The first-order valence-corrected chi connectivity index (χ1v) is 12.0. The summed E-state index contributed by atoms with van der Waals surface area (Å²) >= 11 is 0. The minimum atomic E-state index is -1.01. The van der Waals surface area contributed by atoms with Crippen molar-refractivity contribution in [1.29, 1.82) is 0 Å². The fourth-order valence-corrected chi connectivity index (χ4v) is 13.0. The molecule has 0 nitrogen and oxygen atoms in total. The molecule has 0 aromatic carbocycles. The third-order valence-corrected chi connectivity index (χ3v) is 14.2. The maximum atomic E-state index is 2.88. The summed E-state index contributed by atoms with van der Waals surface area (Å²) in [5.41, 5.74) is 3.65. The van der Waals surface area contributed by atoms with Gasteiger partial charge in [0, 0.05) is 0 Å². The Morgan fingerprint density at radius 1 is 0.474 bits per heavy atom. The molecule has 0 aromatic heterocycles. The van der Waals surface area contributed by atoms with Gasteiger partial charge in [-0.15, -0.1) is 0 Å². The highest BCUT2D eigenvalue weighted by molar-refractivity contribution is 6.82. The summed E-state index contributed by atoms with van der Waals surface area (Å²) in [6, 6.07) is 0. The summed E-state index contributed by atoms with van der Waals surface area (Å²) in [7, 11) is -1.01. The predicted molar refractivity (Wildman–Crippen MR) is 87.5 cm³/mol. The Morgan fingerprint density at radius 2 is 0.737 bits per heavy atom. The van der Waals surface area contributed by atoms with Crippen LogP contribution in [0, 0.1) is 0 Å². The lowest BCUT2D eigenvalue weighted by Gasteiger charge is -2.49. The topological polar surface area (TPSA) is 0 Å². The van der Waals surface area contributed by atoms with Crippen LogP contribution in [0.25, 0.3) is 0 Å². The molecule has 0 spiro atoms. The summed E-state index contributed by atoms with van der Waals surface area (Å²) in [6.07, 6.45) is 22.2. The van der Waals surface area contributed by atoms with Gasteiger partial charge < -0.3 is 0 Å². The minimum absolute atomic E-state index is 1.01. The van der Waals surface area contributed by atoms with Gasteiger partial charge in [0.2, 0.25) is 0 Å². The Hall–Kier alpha value is 0.217. The van der Waals surface area contributed by atoms with Gasteiger partial charge in [-0.05, 0) is 16.6 Å². The Morgan fingerprint density at radius 3 is 1.05 bits per heavy atom. The lowest BCUT2D eigenvalue weighted by molar-refractivity contribution is 0.443. The third-order valence-electron chi connectivity index (χ3n) is 7.20. The Kier molecular flexibility index (Phi) is 4.72. The van der Waals surface area contributed by atoms with Crippen molar-refractivity contribution < 1.29 is 0 Å². The fourth-order valence-electron chi connectivity index (χ4n) is 6.00. The van der Waals surface area contributed by atoms with Gasteiger partial charge in [-0.25, -0.2) is 0 Å². The first-order valence-electron chi connectivity index (χ1n) is 9.32. The van der Waals surface area contributed by atoms with Crippen LogP contribution in [-0.4, -0.2) is 8.07 Å². The summed E-state index contributed by atoms with van der Waals surface area (Å²) in [6.45, 7) is 2.88. The average Bonchev–Trinajstić information content (AvgIpc) is 3.03. The van der Waals surface area contributed by atoms with E-state index < -0.39 is 8.07 Å². The predicted octanol–water partition coefficient (Wildman–Crippen LogP) is 6.68. The van der Waals surface area contributed by atoms with E-state index in [1.165, 1.54) is 29.5 Å². The van der Waals surface area contributed by atoms with Crippen molar-refractivity contribution in [2.75, 3.05) is 0 Å². The highest BCUT2D eigenvalue weighted by atomic mass is 28.3. The van der Waals surface area contributed by atoms with E-state index in [2.05, 4.69) is 6.55 Å². The van der Waals surface area contributed by atoms with Crippen LogP contribution in [0.4, 0.5) is 0 Å². The monoisotopic (exact) mass is 278 g/mol. The van der Waals surface area contributed by atoms with Crippen molar-refractivity contribution in [2.45, 2.75) is 113 Å². The summed E-state index contributed by atoms with van der Waals surface area (Å²) < 4.78 is 0. The second kappa shape index (κ2) is 6.33. The molecule has 0 radical (unpaired) electrons. The van der Waals surface area contributed by atoms with Gasteiger partial charge in [0.15, 0.2) is 0 Å². The van der Waals surface area contributed by atoms with Gasteiger partial charge in [0.25, 0.3) is 0 Å². The Balaban J connectivity index is 1.79. The molecule has 0 aromatic rings. The first kappa shape index (κ1) is 14.2. The van der Waals surface area contributed by atoms with E-state index in [1.807, 2.05) is 0 Å². The zero-order chi connectivity index (χ0) is 13.1. The molecule has 3 fully saturated rings. The summed E-state index contributed by atoms with van der Waals surface area (Å²) in [5, 5.41) is 0. The molecular weight excluding hydrogens is 244 g/mol. The van der Waals surface area contributed by atoms with Crippen LogP contribution in [0.15, 0.2) is 0 Å². The normalized spacial score (nSPS) is 28.9. The van der Waals surface area contributed by atoms with E-state index in [0.29, 0.717) is 0 Å². The molecule has 3 rings (SSSR count).